The van der Waals surface area contributed by atoms with Gasteiger partial charge in [-0.1, -0.05) is 86.7 Å². The third kappa shape index (κ3) is 9.29. The Morgan fingerprint density at radius 1 is 0.917 bits per heavy atom. The first-order valence-electron chi connectivity index (χ1n) is 20.1. The second-order valence-electron chi connectivity index (χ2n) is 15.1. The zero-order chi connectivity index (χ0) is 42.3. The molecular formula is C42H50N10O7S. The summed E-state index contributed by atoms with van der Waals surface area (Å²) in [4.78, 5) is 83.5. The van der Waals surface area contributed by atoms with Crippen molar-refractivity contribution in [3.63, 3.8) is 0 Å². The summed E-state index contributed by atoms with van der Waals surface area (Å²) in [5.41, 5.74) is 3.21. The summed E-state index contributed by atoms with van der Waals surface area (Å²) in [6.45, 7) is 7.44. The molecule has 0 saturated carbocycles. The zero-order valence-corrected chi connectivity index (χ0v) is 34.8. The van der Waals surface area contributed by atoms with Crippen LogP contribution in [-0.2, 0) is 23.9 Å². The number of thiazole rings is 1. The van der Waals surface area contributed by atoms with Crippen LogP contribution in [0.25, 0.3) is 26.7 Å². The lowest BCUT2D eigenvalue weighted by molar-refractivity contribution is -0.141. The van der Waals surface area contributed by atoms with E-state index in [0.717, 1.165) is 34.5 Å². The molecule has 60 heavy (non-hydrogen) atoms. The van der Waals surface area contributed by atoms with Crippen molar-refractivity contribution >= 4 is 52.0 Å². The van der Waals surface area contributed by atoms with Gasteiger partial charge in [-0.25, -0.2) is 19.6 Å². The number of hydrogen-bond acceptors (Lipinski definition) is 11. The number of carbonyl (C=O) groups is 5. The number of likely N-dealkylation sites (tertiary alicyclic amines) is 1. The molecule has 4 atom stereocenters. The predicted octanol–water partition coefficient (Wildman–Crippen LogP) is 5.11. The Hall–Kier alpha value is -6.27. The molecule has 18 heteroatoms. The van der Waals surface area contributed by atoms with Crippen molar-refractivity contribution < 1.29 is 33.4 Å². The van der Waals surface area contributed by atoms with Crippen molar-refractivity contribution in [1.82, 2.24) is 45.1 Å². The van der Waals surface area contributed by atoms with Gasteiger partial charge in [0.25, 0.3) is 5.91 Å². The molecule has 3 aromatic heterocycles. The minimum absolute atomic E-state index is 0.123. The van der Waals surface area contributed by atoms with Gasteiger partial charge in [0, 0.05) is 44.1 Å². The van der Waals surface area contributed by atoms with Gasteiger partial charge in [0.2, 0.25) is 11.8 Å². The van der Waals surface area contributed by atoms with Gasteiger partial charge >= 0.3 is 12.2 Å². The number of alkyl carbamates (subject to hydrolysis) is 2. The predicted molar refractivity (Wildman–Crippen MR) is 225 cm³/mol. The third-order valence-electron chi connectivity index (χ3n) is 10.6. The number of nitrogens with one attached hydrogen (secondary N) is 5. The fraction of sp³-hybridized carbons (Fsp3) is 0.405. The molecule has 5 aromatic rings. The average molecular weight is 839 g/mol. The topological polar surface area (TPSA) is 204 Å². The van der Waals surface area contributed by atoms with Crippen LogP contribution < -0.4 is 21.3 Å². The number of imidazole rings is 2. The molecule has 5 N–H and O–H groups in total. The number of aromatic amines is 1. The molecular weight excluding hydrogens is 789 g/mol. The summed E-state index contributed by atoms with van der Waals surface area (Å²) in [6, 6.07) is 14.1. The van der Waals surface area contributed by atoms with E-state index in [-0.39, 0.29) is 37.6 Å². The van der Waals surface area contributed by atoms with Crippen LogP contribution in [0.2, 0.25) is 0 Å². The first-order valence-corrected chi connectivity index (χ1v) is 21.0. The van der Waals surface area contributed by atoms with Gasteiger partial charge in [0.05, 0.1) is 36.5 Å². The largest absolute Gasteiger partial charge is 0.453 e. The summed E-state index contributed by atoms with van der Waals surface area (Å²) in [5.74, 6) is -0.0538. The van der Waals surface area contributed by atoms with E-state index in [4.69, 9.17) is 14.5 Å². The lowest BCUT2D eigenvalue weighted by Crippen LogP contribution is -2.60. The molecule has 7 rings (SSSR count). The third-order valence-corrected chi connectivity index (χ3v) is 11.7. The number of ether oxygens (including phenoxy) is 2. The van der Waals surface area contributed by atoms with Gasteiger partial charge in [-0.05, 0) is 36.3 Å². The Labute approximate surface area is 351 Å². The Bertz CT molecular complexity index is 2280. The number of amides is 5. The van der Waals surface area contributed by atoms with E-state index in [1.807, 2.05) is 67.9 Å². The van der Waals surface area contributed by atoms with E-state index in [0.29, 0.717) is 41.7 Å². The van der Waals surface area contributed by atoms with Gasteiger partial charge < -0.3 is 45.5 Å². The maximum absolute atomic E-state index is 14.0. The van der Waals surface area contributed by atoms with Crippen molar-refractivity contribution in [2.24, 2.45) is 5.92 Å². The molecule has 0 spiro atoms. The number of methoxy groups -OCH3 is 1. The van der Waals surface area contributed by atoms with E-state index < -0.39 is 42.1 Å². The maximum Gasteiger partial charge on any atom is 0.408 e. The van der Waals surface area contributed by atoms with Crippen LogP contribution in [0.5, 0.6) is 0 Å². The number of rotatable bonds is 13. The van der Waals surface area contributed by atoms with E-state index in [1.165, 1.54) is 23.3 Å². The van der Waals surface area contributed by atoms with Crippen molar-refractivity contribution in [3.05, 3.63) is 84.6 Å². The molecule has 0 radical (unpaired) electrons. The number of nitrogens with zero attached hydrogens (tertiary/aromatic N) is 5. The summed E-state index contributed by atoms with van der Waals surface area (Å²) < 4.78 is 11.8. The normalized spacial score (nSPS) is 17.6. The molecule has 17 nitrogen and oxygen atoms in total. The number of fused-ring (bicyclic) bond motifs is 1. The number of carbonyl (C=O) groups excluding carboxylic acids is 5. The Morgan fingerprint density at radius 2 is 1.68 bits per heavy atom. The molecule has 2 aliphatic heterocycles. The monoisotopic (exact) mass is 838 g/mol. The smallest absolute Gasteiger partial charge is 0.408 e. The van der Waals surface area contributed by atoms with E-state index in [1.54, 1.807) is 35.4 Å². The van der Waals surface area contributed by atoms with Crippen LogP contribution >= 0.6 is 11.3 Å². The van der Waals surface area contributed by atoms with Crippen molar-refractivity contribution in [2.75, 3.05) is 45.2 Å². The number of hydrogen-bond donors (Lipinski definition) is 5. The average Bonchev–Trinajstić information content (AvgIpc) is 4.09. The fourth-order valence-electron chi connectivity index (χ4n) is 7.51. The summed E-state index contributed by atoms with van der Waals surface area (Å²) in [6.07, 6.45) is 6.40. The Kier molecular flexibility index (Phi) is 13.1. The molecule has 2 aliphatic rings. The molecule has 2 unspecified atom stereocenters. The van der Waals surface area contributed by atoms with Gasteiger partial charge in [-0.2, -0.15) is 0 Å². The summed E-state index contributed by atoms with van der Waals surface area (Å²) >= 11 is 1.46. The highest BCUT2D eigenvalue weighted by atomic mass is 32.1. The molecule has 2 fully saturated rings. The standard InChI is InChI=1S/C42H50N10O7S/c1-5-20-59-42(57)49-35(28-10-7-6-8-11-28)39(55)52-19-17-43-22-31(52)37(53)46-33-24-50-23-32(60-40(50)47-33)27-15-13-26(14-16-27)29-21-44-36(45-29)30-12-9-18-51(30)38(54)34(25(2)3)48-41(56)58-4/h6-8,10-11,13-16,21,23-25,30-31,34-35,43H,5,9,12,17-20,22H2,1-4H3,(H,44,45)(H,46,53)(H,48,56)(H,49,57)/t30?,31?,34-,35+/m0/s1. The fourth-order valence-corrected chi connectivity index (χ4v) is 8.48. The second-order valence-corrected chi connectivity index (χ2v) is 16.1. The van der Waals surface area contributed by atoms with Crippen molar-refractivity contribution in [1.29, 1.82) is 0 Å². The number of H-pyrrole nitrogens is 1. The minimum Gasteiger partial charge on any atom is -0.453 e. The highest BCUT2D eigenvalue weighted by Gasteiger charge is 2.39. The van der Waals surface area contributed by atoms with E-state index >= 15 is 0 Å². The molecule has 5 heterocycles. The van der Waals surface area contributed by atoms with Gasteiger partial charge in [-0.3, -0.25) is 18.8 Å². The highest BCUT2D eigenvalue weighted by Crippen LogP contribution is 2.34. The van der Waals surface area contributed by atoms with Crippen molar-refractivity contribution in [3.8, 4) is 21.7 Å². The Morgan fingerprint density at radius 3 is 2.40 bits per heavy atom. The number of anilines is 1. The summed E-state index contributed by atoms with van der Waals surface area (Å²) in [7, 11) is 1.28. The SMILES string of the molecule is CCCOC(=O)N[C@@H](C(=O)N1CCNCC1C(=O)Nc1cn2cc(-c3ccc(-c4c[nH]c(C5CCCN5C(=O)[C@@H](NC(=O)OC)C(C)C)n4)cc3)sc2n1)c1ccccc1. The molecule has 316 valence electrons. The van der Waals surface area contributed by atoms with Crippen molar-refractivity contribution in [2.45, 2.75) is 64.2 Å². The molecule has 0 aliphatic carbocycles. The highest BCUT2D eigenvalue weighted by molar-refractivity contribution is 7.20. The van der Waals surface area contributed by atoms with Gasteiger partial charge in [0.1, 0.15) is 23.9 Å². The van der Waals surface area contributed by atoms with Crippen LogP contribution in [-0.4, -0.2) is 111 Å². The first kappa shape index (κ1) is 41.9. The van der Waals surface area contributed by atoms with Crippen LogP contribution in [0.4, 0.5) is 15.4 Å². The number of benzene rings is 2. The van der Waals surface area contributed by atoms with E-state index in [2.05, 4.69) is 31.2 Å². The second kappa shape index (κ2) is 18.8. The van der Waals surface area contributed by atoms with Crippen LogP contribution in [0.3, 0.4) is 0 Å². The summed E-state index contributed by atoms with van der Waals surface area (Å²) in [5, 5.41) is 11.5. The van der Waals surface area contributed by atoms with Crippen LogP contribution in [0.1, 0.15) is 63.5 Å². The molecule has 2 aromatic carbocycles. The number of aromatic nitrogens is 4. The molecule has 2 saturated heterocycles. The lowest BCUT2D eigenvalue weighted by atomic mass is 10.0. The van der Waals surface area contributed by atoms with Crippen LogP contribution in [0.15, 0.2) is 73.2 Å². The molecule has 5 amide bonds. The maximum atomic E-state index is 14.0. The number of piperazine rings is 1. The van der Waals surface area contributed by atoms with Crippen LogP contribution in [0, 0.1) is 5.92 Å². The zero-order valence-electron chi connectivity index (χ0n) is 34.0. The molecule has 0 bridgehead atoms. The van der Waals surface area contributed by atoms with Gasteiger partial charge in [0.15, 0.2) is 10.8 Å². The lowest BCUT2D eigenvalue weighted by Gasteiger charge is -2.37. The Balaban J connectivity index is 0.999. The van der Waals surface area contributed by atoms with Gasteiger partial charge in [-0.15, -0.1) is 0 Å². The quantitative estimate of drug-likeness (QED) is 0.106. The minimum atomic E-state index is -1.03. The first-order chi connectivity index (χ1) is 29.0. The van der Waals surface area contributed by atoms with E-state index in [9.17, 15) is 24.0 Å².